The maximum Gasteiger partial charge on any atom is 0.309 e. The van der Waals surface area contributed by atoms with Gasteiger partial charge in [0.15, 0.2) is 0 Å². The molecule has 0 spiro atoms. The molecule has 0 saturated carbocycles. The minimum absolute atomic E-state index is 0.00694. The van der Waals surface area contributed by atoms with E-state index in [9.17, 15) is 9.59 Å². The second kappa shape index (κ2) is 9.71. The molecule has 1 saturated heterocycles. The number of esters is 1. The fraction of sp³-hybridized carbons (Fsp3) is 0.778. The fourth-order valence-corrected chi connectivity index (χ4v) is 3.34. The van der Waals surface area contributed by atoms with E-state index in [4.69, 9.17) is 4.74 Å². The Balaban J connectivity index is 1.59. The van der Waals surface area contributed by atoms with Gasteiger partial charge in [-0.2, -0.15) is 0 Å². The number of hydrogen-bond donors (Lipinski definition) is 1. The van der Waals surface area contributed by atoms with Crippen molar-refractivity contribution in [3.63, 3.8) is 0 Å². The van der Waals surface area contributed by atoms with Crippen molar-refractivity contribution in [1.29, 1.82) is 0 Å². The van der Waals surface area contributed by atoms with Crippen LogP contribution in [0, 0.1) is 5.92 Å². The second-order valence-electron chi connectivity index (χ2n) is 6.51. The van der Waals surface area contributed by atoms with Gasteiger partial charge in [-0.05, 0) is 65.0 Å². The van der Waals surface area contributed by atoms with Gasteiger partial charge in [-0.1, -0.05) is 11.6 Å². The van der Waals surface area contributed by atoms with Crippen LogP contribution in [0.25, 0.3) is 0 Å². The molecule has 0 bridgehead atoms. The number of piperidine rings is 1. The van der Waals surface area contributed by atoms with E-state index in [1.54, 1.807) is 0 Å². The number of ether oxygens (including phenoxy) is 1. The van der Waals surface area contributed by atoms with Crippen molar-refractivity contribution < 1.29 is 14.3 Å². The van der Waals surface area contributed by atoms with E-state index in [-0.39, 0.29) is 17.8 Å². The molecule has 1 heterocycles. The van der Waals surface area contributed by atoms with Gasteiger partial charge < -0.3 is 10.1 Å². The normalized spacial score (nSPS) is 20.0. The summed E-state index contributed by atoms with van der Waals surface area (Å²) in [7, 11) is 0. The third kappa shape index (κ3) is 6.34. The number of likely N-dealkylation sites (tertiary alicyclic amines) is 1. The van der Waals surface area contributed by atoms with Gasteiger partial charge >= 0.3 is 5.97 Å². The van der Waals surface area contributed by atoms with Gasteiger partial charge in [-0.15, -0.1) is 0 Å². The summed E-state index contributed by atoms with van der Waals surface area (Å²) in [6.45, 7) is 5.04. The summed E-state index contributed by atoms with van der Waals surface area (Å²) in [5, 5.41) is 3.02. The molecule has 0 aromatic heterocycles. The molecule has 5 heteroatoms. The van der Waals surface area contributed by atoms with E-state index in [2.05, 4.69) is 16.3 Å². The van der Waals surface area contributed by atoms with Crippen LogP contribution < -0.4 is 5.32 Å². The molecule has 130 valence electrons. The lowest BCUT2D eigenvalue weighted by atomic mass is 9.97. The summed E-state index contributed by atoms with van der Waals surface area (Å²) in [6, 6.07) is 0. The van der Waals surface area contributed by atoms with Crippen LogP contribution in [0.3, 0.4) is 0 Å². The molecule has 23 heavy (non-hydrogen) atoms. The van der Waals surface area contributed by atoms with Gasteiger partial charge in [0, 0.05) is 6.54 Å². The van der Waals surface area contributed by atoms with Gasteiger partial charge in [-0.25, -0.2) is 0 Å². The predicted octanol–water partition coefficient (Wildman–Crippen LogP) is 2.27. The maximum absolute atomic E-state index is 12.0. The highest BCUT2D eigenvalue weighted by Crippen LogP contribution is 2.20. The molecule has 5 nitrogen and oxygen atoms in total. The zero-order valence-corrected chi connectivity index (χ0v) is 14.3. The quantitative estimate of drug-likeness (QED) is 0.577. The van der Waals surface area contributed by atoms with Crippen LogP contribution in [-0.4, -0.2) is 49.6 Å². The SMILES string of the molecule is CCOC(=O)C1CCN(CC(=O)NCCC2=CCCCC2)CC1. The summed E-state index contributed by atoms with van der Waals surface area (Å²) in [6.07, 6.45) is 9.87. The number of nitrogens with one attached hydrogen (secondary N) is 1. The second-order valence-corrected chi connectivity index (χ2v) is 6.51. The number of rotatable bonds is 7. The lowest BCUT2D eigenvalue weighted by Crippen LogP contribution is -2.43. The van der Waals surface area contributed by atoms with E-state index < -0.39 is 0 Å². The predicted molar refractivity (Wildman–Crippen MR) is 90.0 cm³/mol. The van der Waals surface area contributed by atoms with Crippen LogP contribution >= 0.6 is 0 Å². The van der Waals surface area contributed by atoms with Crippen LogP contribution in [0.2, 0.25) is 0 Å². The molecule has 0 aromatic carbocycles. The van der Waals surface area contributed by atoms with Crippen molar-refractivity contribution in [1.82, 2.24) is 10.2 Å². The van der Waals surface area contributed by atoms with E-state index in [1.807, 2.05) is 6.92 Å². The van der Waals surface area contributed by atoms with Crippen molar-refractivity contribution in [2.45, 2.75) is 51.9 Å². The molecule has 0 unspecified atom stereocenters. The molecular formula is C18H30N2O3. The first kappa shape index (κ1) is 18.0. The Hall–Kier alpha value is -1.36. The summed E-state index contributed by atoms with van der Waals surface area (Å²) in [5.41, 5.74) is 1.49. The molecule has 0 aromatic rings. The highest BCUT2D eigenvalue weighted by Gasteiger charge is 2.26. The number of carbonyl (C=O) groups is 2. The smallest absolute Gasteiger partial charge is 0.309 e. The third-order valence-corrected chi connectivity index (χ3v) is 4.73. The van der Waals surface area contributed by atoms with E-state index in [0.29, 0.717) is 13.2 Å². The minimum Gasteiger partial charge on any atom is -0.466 e. The lowest BCUT2D eigenvalue weighted by molar-refractivity contribution is -0.149. The van der Waals surface area contributed by atoms with Gasteiger partial charge in [0.1, 0.15) is 0 Å². The van der Waals surface area contributed by atoms with Gasteiger partial charge in [0.2, 0.25) is 5.91 Å². The maximum atomic E-state index is 12.0. The molecule has 1 fully saturated rings. The van der Waals surface area contributed by atoms with Crippen molar-refractivity contribution in [3.8, 4) is 0 Å². The first-order chi connectivity index (χ1) is 11.2. The zero-order chi connectivity index (χ0) is 16.5. The van der Waals surface area contributed by atoms with Crippen molar-refractivity contribution in [2.75, 3.05) is 32.8 Å². The fourth-order valence-electron chi connectivity index (χ4n) is 3.34. The third-order valence-electron chi connectivity index (χ3n) is 4.73. The average Bonchev–Trinajstić information content (AvgIpc) is 2.57. The number of amides is 1. The number of nitrogens with zero attached hydrogens (tertiary/aromatic N) is 1. The first-order valence-corrected chi connectivity index (χ1v) is 9.02. The standard InChI is InChI=1S/C18H30N2O3/c1-2-23-18(22)16-9-12-20(13-10-16)14-17(21)19-11-8-15-6-4-3-5-7-15/h6,16H,2-5,7-14H2,1H3,(H,19,21). The van der Waals surface area contributed by atoms with Gasteiger partial charge in [0.25, 0.3) is 0 Å². The van der Waals surface area contributed by atoms with E-state index >= 15 is 0 Å². The molecule has 1 aliphatic carbocycles. The molecule has 0 radical (unpaired) electrons. The molecule has 1 aliphatic heterocycles. The van der Waals surface area contributed by atoms with Gasteiger partial charge in [-0.3, -0.25) is 14.5 Å². The molecule has 0 atom stereocenters. The number of carbonyl (C=O) groups excluding carboxylic acids is 2. The van der Waals surface area contributed by atoms with Crippen LogP contribution in [0.1, 0.15) is 51.9 Å². The summed E-state index contributed by atoms with van der Waals surface area (Å²) in [5.74, 6) is 0.0147. The highest BCUT2D eigenvalue weighted by atomic mass is 16.5. The Morgan fingerprint density at radius 2 is 2.09 bits per heavy atom. The minimum atomic E-state index is -0.0858. The molecule has 2 aliphatic rings. The van der Waals surface area contributed by atoms with Gasteiger partial charge in [0.05, 0.1) is 19.1 Å². The molecule has 1 amide bonds. The Kier molecular flexibility index (Phi) is 7.59. The van der Waals surface area contributed by atoms with Crippen LogP contribution in [-0.2, 0) is 14.3 Å². The van der Waals surface area contributed by atoms with Crippen LogP contribution in [0.15, 0.2) is 11.6 Å². The molecule has 1 N–H and O–H groups in total. The van der Waals surface area contributed by atoms with Crippen molar-refractivity contribution >= 4 is 11.9 Å². The van der Waals surface area contributed by atoms with Crippen LogP contribution in [0.5, 0.6) is 0 Å². The molecule has 2 rings (SSSR count). The lowest BCUT2D eigenvalue weighted by Gasteiger charge is -2.30. The molecular weight excluding hydrogens is 292 g/mol. The monoisotopic (exact) mass is 322 g/mol. The number of allylic oxidation sites excluding steroid dienone is 1. The summed E-state index contributed by atoms with van der Waals surface area (Å²) >= 11 is 0. The topological polar surface area (TPSA) is 58.6 Å². The van der Waals surface area contributed by atoms with E-state index in [1.165, 1.54) is 31.3 Å². The summed E-state index contributed by atoms with van der Waals surface area (Å²) in [4.78, 5) is 25.8. The zero-order valence-electron chi connectivity index (χ0n) is 14.3. The summed E-state index contributed by atoms with van der Waals surface area (Å²) < 4.78 is 5.07. The van der Waals surface area contributed by atoms with Crippen molar-refractivity contribution in [2.24, 2.45) is 5.92 Å². The van der Waals surface area contributed by atoms with Crippen LogP contribution in [0.4, 0.5) is 0 Å². The number of hydrogen-bond acceptors (Lipinski definition) is 4. The Bertz CT molecular complexity index is 426. The highest BCUT2D eigenvalue weighted by molar-refractivity contribution is 5.78. The largest absolute Gasteiger partial charge is 0.466 e. The first-order valence-electron chi connectivity index (χ1n) is 9.02. The van der Waals surface area contributed by atoms with Crippen molar-refractivity contribution in [3.05, 3.63) is 11.6 Å². The Morgan fingerprint density at radius 3 is 2.74 bits per heavy atom. The van der Waals surface area contributed by atoms with E-state index in [0.717, 1.165) is 38.9 Å². The average molecular weight is 322 g/mol. The Labute approximate surface area is 139 Å². The Morgan fingerprint density at radius 1 is 1.30 bits per heavy atom.